The number of rotatable bonds is 6. The van der Waals surface area contributed by atoms with Crippen LogP contribution in [0.2, 0.25) is 0 Å². The Morgan fingerprint density at radius 2 is 2.11 bits per heavy atom. The van der Waals surface area contributed by atoms with Gasteiger partial charge >= 0.3 is 6.03 Å². The van der Waals surface area contributed by atoms with Crippen molar-refractivity contribution in [3.05, 3.63) is 29.8 Å². The molecule has 104 valence electrons. The molecule has 0 saturated carbocycles. The Balaban J connectivity index is 1.78. The Hall–Kier alpha value is -1.71. The number of hydrogen-bond acceptors (Lipinski definition) is 2. The molecule has 1 aliphatic heterocycles. The third-order valence-electron chi connectivity index (χ3n) is 3.64. The molecule has 1 atom stereocenters. The molecule has 1 aromatic rings. The van der Waals surface area contributed by atoms with Gasteiger partial charge in [0.05, 0.1) is 6.54 Å². The predicted molar refractivity (Wildman–Crippen MR) is 75.6 cm³/mol. The molecular weight excluding hydrogens is 240 g/mol. The largest absolute Gasteiger partial charge is 0.492 e. The van der Waals surface area contributed by atoms with E-state index >= 15 is 0 Å². The molecule has 1 N–H and O–H groups in total. The van der Waals surface area contributed by atoms with Crippen LogP contribution in [0.3, 0.4) is 0 Å². The highest BCUT2D eigenvalue weighted by atomic mass is 16.5. The number of amides is 2. The first-order chi connectivity index (χ1) is 9.20. The van der Waals surface area contributed by atoms with E-state index in [0.717, 1.165) is 25.3 Å². The van der Waals surface area contributed by atoms with Gasteiger partial charge in [0.1, 0.15) is 12.4 Å². The zero-order chi connectivity index (χ0) is 13.7. The van der Waals surface area contributed by atoms with Crippen molar-refractivity contribution < 1.29 is 9.53 Å². The first kappa shape index (κ1) is 13.7. The van der Waals surface area contributed by atoms with E-state index in [4.69, 9.17) is 4.74 Å². The number of carbonyl (C=O) groups is 1. The zero-order valence-electron chi connectivity index (χ0n) is 11.7. The number of nitrogens with zero attached hydrogens (tertiary/aromatic N) is 1. The summed E-state index contributed by atoms with van der Waals surface area (Å²) in [4.78, 5) is 13.1. The molecular formula is C15H22N2O2. The van der Waals surface area contributed by atoms with Crippen molar-refractivity contribution in [2.45, 2.75) is 26.2 Å². The van der Waals surface area contributed by atoms with Gasteiger partial charge in [-0.1, -0.05) is 26.0 Å². The Morgan fingerprint density at radius 3 is 2.68 bits per heavy atom. The van der Waals surface area contributed by atoms with Crippen LogP contribution in [-0.2, 0) is 0 Å². The van der Waals surface area contributed by atoms with E-state index in [2.05, 4.69) is 31.3 Å². The SMILES string of the molecule is CCC(C)c1ccc(OCCN2CCNC2=O)cc1. The van der Waals surface area contributed by atoms with Crippen LogP contribution in [0.5, 0.6) is 5.75 Å². The molecule has 0 spiro atoms. The lowest BCUT2D eigenvalue weighted by atomic mass is 9.99. The standard InChI is InChI=1S/C15H22N2O2/c1-3-12(2)13-4-6-14(7-5-13)19-11-10-17-9-8-16-15(17)18/h4-7,12H,3,8-11H2,1-2H3,(H,16,18). The van der Waals surface area contributed by atoms with E-state index in [1.54, 1.807) is 4.90 Å². The zero-order valence-corrected chi connectivity index (χ0v) is 11.7. The van der Waals surface area contributed by atoms with Gasteiger partial charge in [-0.15, -0.1) is 0 Å². The van der Waals surface area contributed by atoms with E-state index in [-0.39, 0.29) is 6.03 Å². The first-order valence-corrected chi connectivity index (χ1v) is 6.96. The maximum Gasteiger partial charge on any atom is 0.317 e. The van der Waals surface area contributed by atoms with Crippen molar-refractivity contribution in [1.29, 1.82) is 0 Å². The molecule has 1 heterocycles. The molecule has 1 aromatic carbocycles. The third kappa shape index (κ3) is 3.63. The lowest BCUT2D eigenvalue weighted by molar-refractivity contribution is 0.202. The number of benzene rings is 1. The van der Waals surface area contributed by atoms with Gasteiger partial charge in [0.15, 0.2) is 0 Å². The van der Waals surface area contributed by atoms with Crippen molar-refractivity contribution in [3.63, 3.8) is 0 Å². The normalized spacial score (nSPS) is 16.3. The first-order valence-electron chi connectivity index (χ1n) is 6.96. The molecule has 19 heavy (non-hydrogen) atoms. The van der Waals surface area contributed by atoms with Gasteiger partial charge in [0, 0.05) is 13.1 Å². The minimum Gasteiger partial charge on any atom is -0.492 e. The highest BCUT2D eigenvalue weighted by molar-refractivity contribution is 5.76. The number of ether oxygens (including phenoxy) is 1. The van der Waals surface area contributed by atoms with Crippen LogP contribution in [-0.4, -0.2) is 37.2 Å². The van der Waals surface area contributed by atoms with Crippen molar-refractivity contribution >= 4 is 6.03 Å². The molecule has 1 saturated heterocycles. The van der Waals surface area contributed by atoms with E-state index < -0.39 is 0 Å². The number of hydrogen-bond donors (Lipinski definition) is 1. The molecule has 1 unspecified atom stereocenters. The summed E-state index contributed by atoms with van der Waals surface area (Å²) >= 11 is 0. The highest BCUT2D eigenvalue weighted by Gasteiger charge is 2.18. The van der Waals surface area contributed by atoms with Crippen LogP contribution in [0.4, 0.5) is 4.79 Å². The molecule has 0 radical (unpaired) electrons. The summed E-state index contributed by atoms with van der Waals surface area (Å²) in [5.41, 5.74) is 1.34. The summed E-state index contributed by atoms with van der Waals surface area (Å²) in [6.45, 7) is 7.10. The van der Waals surface area contributed by atoms with E-state index in [0.29, 0.717) is 19.1 Å². The second-order valence-corrected chi connectivity index (χ2v) is 4.95. The number of carbonyl (C=O) groups excluding carboxylic acids is 1. The quantitative estimate of drug-likeness (QED) is 0.856. The van der Waals surface area contributed by atoms with Gasteiger partial charge in [-0.05, 0) is 30.0 Å². The van der Waals surface area contributed by atoms with Crippen LogP contribution in [0.15, 0.2) is 24.3 Å². The maximum atomic E-state index is 11.3. The molecule has 4 nitrogen and oxygen atoms in total. The maximum absolute atomic E-state index is 11.3. The average Bonchev–Trinajstić information content (AvgIpc) is 2.84. The van der Waals surface area contributed by atoms with Crippen LogP contribution in [0, 0.1) is 0 Å². The summed E-state index contributed by atoms with van der Waals surface area (Å²) in [6.07, 6.45) is 1.14. The molecule has 1 aliphatic rings. The monoisotopic (exact) mass is 262 g/mol. The fraction of sp³-hybridized carbons (Fsp3) is 0.533. The van der Waals surface area contributed by atoms with Crippen LogP contribution >= 0.6 is 0 Å². The Bertz CT molecular complexity index is 417. The fourth-order valence-electron chi connectivity index (χ4n) is 2.13. The lowest BCUT2D eigenvalue weighted by Crippen LogP contribution is -2.31. The Labute approximate surface area is 114 Å². The summed E-state index contributed by atoms with van der Waals surface area (Å²) in [6, 6.07) is 8.26. The molecule has 4 heteroatoms. The average molecular weight is 262 g/mol. The van der Waals surface area contributed by atoms with Gasteiger partial charge in [0.2, 0.25) is 0 Å². The lowest BCUT2D eigenvalue weighted by Gasteiger charge is -2.15. The second kappa shape index (κ2) is 6.45. The molecule has 2 amide bonds. The van der Waals surface area contributed by atoms with Crippen LogP contribution in [0.1, 0.15) is 31.7 Å². The van der Waals surface area contributed by atoms with Crippen LogP contribution < -0.4 is 10.1 Å². The minimum atomic E-state index is 0.00992. The van der Waals surface area contributed by atoms with Crippen LogP contribution in [0.25, 0.3) is 0 Å². The molecule has 2 rings (SSSR count). The Kier molecular flexibility index (Phi) is 4.66. The van der Waals surface area contributed by atoms with Gasteiger partial charge in [-0.3, -0.25) is 0 Å². The molecule has 0 aliphatic carbocycles. The molecule has 1 fully saturated rings. The van der Waals surface area contributed by atoms with Crippen molar-refractivity contribution in [3.8, 4) is 5.75 Å². The van der Waals surface area contributed by atoms with Gasteiger partial charge < -0.3 is 15.0 Å². The highest BCUT2D eigenvalue weighted by Crippen LogP contribution is 2.21. The summed E-state index contributed by atoms with van der Waals surface area (Å²) < 4.78 is 5.66. The smallest absolute Gasteiger partial charge is 0.317 e. The molecule has 0 aromatic heterocycles. The summed E-state index contributed by atoms with van der Waals surface area (Å²) in [5, 5.41) is 2.78. The second-order valence-electron chi connectivity index (χ2n) is 4.95. The van der Waals surface area contributed by atoms with Gasteiger partial charge in [0.25, 0.3) is 0 Å². The van der Waals surface area contributed by atoms with Gasteiger partial charge in [-0.2, -0.15) is 0 Å². The van der Waals surface area contributed by atoms with Gasteiger partial charge in [-0.25, -0.2) is 4.79 Å². The predicted octanol–water partition coefficient (Wildman–Crippen LogP) is 2.60. The third-order valence-corrected chi connectivity index (χ3v) is 3.64. The van der Waals surface area contributed by atoms with Crippen molar-refractivity contribution in [1.82, 2.24) is 10.2 Å². The number of urea groups is 1. The number of nitrogens with one attached hydrogen (secondary N) is 1. The van der Waals surface area contributed by atoms with E-state index in [9.17, 15) is 4.79 Å². The summed E-state index contributed by atoms with van der Waals surface area (Å²) in [7, 11) is 0. The molecule has 0 bridgehead atoms. The topological polar surface area (TPSA) is 41.6 Å². The van der Waals surface area contributed by atoms with Crippen molar-refractivity contribution in [2.75, 3.05) is 26.2 Å². The van der Waals surface area contributed by atoms with Crippen molar-refractivity contribution in [2.24, 2.45) is 0 Å². The minimum absolute atomic E-state index is 0.00992. The van der Waals surface area contributed by atoms with E-state index in [1.165, 1.54) is 5.56 Å². The fourth-order valence-corrected chi connectivity index (χ4v) is 2.13. The summed E-state index contributed by atoms with van der Waals surface area (Å²) in [5.74, 6) is 1.45. The Morgan fingerprint density at radius 1 is 1.37 bits per heavy atom. The van der Waals surface area contributed by atoms with E-state index in [1.807, 2.05) is 12.1 Å².